The van der Waals surface area contributed by atoms with Gasteiger partial charge in [0.2, 0.25) is 5.91 Å². The van der Waals surface area contributed by atoms with Crippen LogP contribution in [0.25, 0.3) is 6.08 Å². The molecule has 1 amide bonds. The Bertz CT molecular complexity index is 1210. The van der Waals surface area contributed by atoms with Crippen LogP contribution in [0.5, 0.6) is 5.75 Å². The largest absolute Gasteiger partial charge is 0.492 e. The van der Waals surface area contributed by atoms with Gasteiger partial charge in [-0.1, -0.05) is 42.0 Å². The van der Waals surface area contributed by atoms with Gasteiger partial charge in [0.05, 0.1) is 17.4 Å². The highest BCUT2D eigenvalue weighted by Crippen LogP contribution is 2.27. The molecule has 1 aliphatic heterocycles. The van der Waals surface area contributed by atoms with E-state index in [9.17, 15) is 4.79 Å². The number of benzene rings is 2. The molecule has 0 radical (unpaired) electrons. The molecule has 1 fully saturated rings. The molecule has 1 aromatic heterocycles. The minimum atomic E-state index is -0.313. The van der Waals surface area contributed by atoms with E-state index in [1.807, 2.05) is 79.7 Å². The summed E-state index contributed by atoms with van der Waals surface area (Å²) in [6.07, 6.45) is 7.34. The zero-order valence-electron chi connectivity index (χ0n) is 21.1. The van der Waals surface area contributed by atoms with Crippen molar-refractivity contribution < 1.29 is 9.53 Å². The number of hydrogen-bond acceptors (Lipinski definition) is 5. The van der Waals surface area contributed by atoms with E-state index >= 15 is 0 Å². The number of carbonyl (C=O) groups excluding carboxylic acids is 1. The first kappa shape index (κ1) is 26.6. The Morgan fingerprint density at radius 3 is 2.68 bits per heavy atom. The van der Waals surface area contributed by atoms with Crippen molar-refractivity contribution in [3.05, 3.63) is 94.8 Å². The molecule has 1 saturated heterocycles. The summed E-state index contributed by atoms with van der Waals surface area (Å²) in [6.45, 7) is 8.73. The smallest absolute Gasteiger partial charge is 0.224 e. The molecule has 0 spiro atoms. The van der Waals surface area contributed by atoms with Crippen LogP contribution in [-0.2, 0) is 4.79 Å². The number of pyridine rings is 1. The lowest BCUT2D eigenvalue weighted by Gasteiger charge is -2.32. The van der Waals surface area contributed by atoms with Gasteiger partial charge in [-0.05, 0) is 81.5 Å². The zero-order valence-corrected chi connectivity index (χ0v) is 21.9. The number of carbonyl (C=O) groups is 1. The van der Waals surface area contributed by atoms with Crippen LogP contribution in [0, 0.1) is 5.92 Å². The van der Waals surface area contributed by atoms with Crippen molar-refractivity contribution in [3.8, 4) is 5.75 Å². The second kappa shape index (κ2) is 13.2. The van der Waals surface area contributed by atoms with Crippen LogP contribution >= 0.6 is 11.6 Å². The molecule has 0 aliphatic carbocycles. The van der Waals surface area contributed by atoms with E-state index < -0.39 is 0 Å². The molecule has 1 N–H and O–H groups in total. The summed E-state index contributed by atoms with van der Waals surface area (Å²) in [6, 6.07) is 18.8. The highest BCUT2D eigenvalue weighted by molar-refractivity contribution is 6.30. The Kier molecular flexibility index (Phi) is 9.46. The highest BCUT2D eigenvalue weighted by atomic mass is 35.5. The molecular formula is C30H33ClN4O2. The van der Waals surface area contributed by atoms with Gasteiger partial charge in [-0.25, -0.2) is 0 Å². The van der Waals surface area contributed by atoms with Crippen LogP contribution in [0.3, 0.4) is 0 Å². The number of rotatable bonds is 10. The Morgan fingerprint density at radius 2 is 2.00 bits per heavy atom. The topological polar surface area (TPSA) is 66.8 Å². The summed E-state index contributed by atoms with van der Waals surface area (Å²) in [4.78, 5) is 24.2. The number of ether oxygens (including phenoxy) is 1. The molecular weight excluding hydrogens is 484 g/mol. The highest BCUT2D eigenvalue weighted by Gasteiger charge is 2.27. The van der Waals surface area contributed by atoms with Crippen LogP contribution in [0.1, 0.15) is 42.6 Å². The quantitative estimate of drug-likeness (QED) is 0.331. The van der Waals surface area contributed by atoms with Crippen molar-refractivity contribution in [2.75, 3.05) is 26.2 Å². The maximum absolute atomic E-state index is 13.2. The summed E-state index contributed by atoms with van der Waals surface area (Å²) < 4.78 is 5.97. The number of aromatic nitrogens is 1. The number of aliphatic imine (C=N–C) groups is 1. The normalized spacial score (nSPS) is 15.4. The number of halogens is 1. The third-order valence-corrected chi connectivity index (χ3v) is 6.88. The lowest BCUT2D eigenvalue weighted by atomic mass is 9.94. The standard InChI is InChI=1S/C30H33ClN4O2/c1-3-6-22-10-13-26(21-28(22)32-2)37-20-19-35-17-14-24(15-18-35)30(36)34-29(27-7-4-5-16-33-27)23-8-11-25(31)12-9-23/h3-13,16,21,24,29H,2,14-15,17-20H2,1H3,(H,34,36)/b6-3-. The average Bonchev–Trinajstić information content (AvgIpc) is 2.94. The molecule has 2 heterocycles. The van der Waals surface area contributed by atoms with Crippen LogP contribution < -0.4 is 10.1 Å². The van der Waals surface area contributed by atoms with Crippen LogP contribution in [0.4, 0.5) is 5.69 Å². The number of allylic oxidation sites excluding steroid dienone is 1. The van der Waals surface area contributed by atoms with Gasteiger partial charge in [-0.2, -0.15) is 0 Å². The fraction of sp³-hybridized carbons (Fsp3) is 0.300. The van der Waals surface area contributed by atoms with E-state index in [2.05, 4.69) is 26.9 Å². The van der Waals surface area contributed by atoms with Gasteiger partial charge in [-0.15, -0.1) is 0 Å². The van der Waals surface area contributed by atoms with Gasteiger partial charge in [-0.3, -0.25) is 19.7 Å². The third-order valence-electron chi connectivity index (χ3n) is 6.63. The second-order valence-corrected chi connectivity index (χ2v) is 9.53. The molecule has 4 rings (SSSR count). The van der Waals surface area contributed by atoms with Crippen molar-refractivity contribution in [2.24, 2.45) is 10.9 Å². The van der Waals surface area contributed by atoms with Crippen molar-refractivity contribution in [3.63, 3.8) is 0 Å². The minimum absolute atomic E-state index is 0.0314. The van der Waals surface area contributed by atoms with Crippen LogP contribution in [-0.4, -0.2) is 48.7 Å². The van der Waals surface area contributed by atoms with Crippen LogP contribution in [0.15, 0.2) is 77.9 Å². The van der Waals surface area contributed by atoms with E-state index in [4.69, 9.17) is 16.3 Å². The predicted octanol–water partition coefficient (Wildman–Crippen LogP) is 6.10. The first-order chi connectivity index (χ1) is 18.1. The molecule has 37 heavy (non-hydrogen) atoms. The van der Waals surface area contributed by atoms with E-state index in [0.717, 1.165) is 60.7 Å². The van der Waals surface area contributed by atoms with E-state index in [-0.39, 0.29) is 17.9 Å². The molecule has 2 aromatic carbocycles. The Morgan fingerprint density at radius 1 is 1.22 bits per heavy atom. The van der Waals surface area contributed by atoms with E-state index in [1.165, 1.54) is 0 Å². The number of nitrogens with zero attached hydrogens (tertiary/aromatic N) is 3. The first-order valence-electron chi connectivity index (χ1n) is 12.6. The van der Waals surface area contributed by atoms with Crippen molar-refractivity contribution in [1.29, 1.82) is 0 Å². The molecule has 0 saturated carbocycles. The summed E-state index contributed by atoms with van der Waals surface area (Å²) in [7, 11) is 0. The van der Waals surface area contributed by atoms with Gasteiger partial charge in [0, 0.05) is 35.3 Å². The molecule has 0 bridgehead atoms. The molecule has 1 atom stereocenters. The molecule has 1 unspecified atom stereocenters. The number of likely N-dealkylation sites (tertiary alicyclic amines) is 1. The van der Waals surface area contributed by atoms with Gasteiger partial charge < -0.3 is 10.1 Å². The van der Waals surface area contributed by atoms with Crippen molar-refractivity contribution >= 4 is 36.0 Å². The van der Waals surface area contributed by atoms with Crippen LogP contribution in [0.2, 0.25) is 5.02 Å². The van der Waals surface area contributed by atoms with Gasteiger partial charge in [0.15, 0.2) is 0 Å². The van der Waals surface area contributed by atoms with E-state index in [0.29, 0.717) is 11.6 Å². The zero-order chi connectivity index (χ0) is 26.0. The summed E-state index contributed by atoms with van der Waals surface area (Å²) in [5.41, 5.74) is 3.59. The molecule has 3 aromatic rings. The molecule has 7 heteroatoms. The molecule has 1 aliphatic rings. The third kappa shape index (κ3) is 7.28. The summed E-state index contributed by atoms with van der Waals surface area (Å²) in [5, 5.41) is 3.90. The SMILES string of the molecule is C=Nc1cc(OCCN2CCC(C(=O)NC(c3ccc(Cl)cc3)c3ccccn3)CC2)ccc1/C=C\C. The van der Waals surface area contributed by atoms with Gasteiger partial charge in [0.25, 0.3) is 0 Å². The lowest BCUT2D eigenvalue weighted by Crippen LogP contribution is -2.42. The molecule has 192 valence electrons. The Hall–Kier alpha value is -3.48. The maximum Gasteiger partial charge on any atom is 0.224 e. The number of amides is 1. The summed E-state index contributed by atoms with van der Waals surface area (Å²) in [5.74, 6) is 0.816. The first-order valence-corrected chi connectivity index (χ1v) is 13.0. The van der Waals surface area contributed by atoms with Crippen molar-refractivity contribution in [2.45, 2.75) is 25.8 Å². The number of piperidine rings is 1. The monoisotopic (exact) mass is 516 g/mol. The minimum Gasteiger partial charge on any atom is -0.492 e. The second-order valence-electron chi connectivity index (χ2n) is 9.09. The van der Waals surface area contributed by atoms with Gasteiger partial charge >= 0.3 is 0 Å². The Balaban J connectivity index is 1.28. The van der Waals surface area contributed by atoms with Crippen molar-refractivity contribution in [1.82, 2.24) is 15.2 Å². The summed E-state index contributed by atoms with van der Waals surface area (Å²) >= 11 is 6.08. The fourth-order valence-corrected chi connectivity index (χ4v) is 4.70. The van der Waals surface area contributed by atoms with Gasteiger partial charge in [0.1, 0.15) is 12.4 Å². The maximum atomic E-state index is 13.2. The number of hydrogen-bond donors (Lipinski definition) is 1. The molecule has 6 nitrogen and oxygen atoms in total. The Labute approximate surface area is 224 Å². The predicted molar refractivity (Wildman–Crippen MR) is 151 cm³/mol. The lowest BCUT2D eigenvalue weighted by molar-refractivity contribution is -0.127. The van der Waals surface area contributed by atoms with E-state index in [1.54, 1.807) is 6.20 Å². The fourth-order valence-electron chi connectivity index (χ4n) is 4.57. The average molecular weight is 517 g/mol. The number of nitrogens with one attached hydrogen (secondary N) is 1.